The summed E-state index contributed by atoms with van der Waals surface area (Å²) in [6, 6.07) is 8.34. The molecule has 0 saturated heterocycles. The van der Waals surface area contributed by atoms with Gasteiger partial charge in [0.15, 0.2) is 0 Å². The van der Waals surface area contributed by atoms with Gasteiger partial charge in [-0.1, -0.05) is 50.8 Å². The van der Waals surface area contributed by atoms with E-state index in [4.69, 9.17) is 8.37 Å². The Balaban J connectivity index is 2.24. The van der Waals surface area contributed by atoms with E-state index in [1.807, 2.05) is 0 Å². The molecular formula is C13H20O4S. The molecule has 1 rings (SSSR count). The first-order chi connectivity index (χ1) is 8.64. The number of benzene rings is 1. The molecule has 0 aliphatic rings. The lowest BCUT2D eigenvalue weighted by Crippen LogP contribution is -2.14. The van der Waals surface area contributed by atoms with Crippen molar-refractivity contribution in [2.24, 2.45) is 0 Å². The number of unbranched alkanes of at least 4 members (excludes halogenated alkanes) is 4. The monoisotopic (exact) mass is 272 g/mol. The minimum atomic E-state index is -3.93. The van der Waals surface area contributed by atoms with Gasteiger partial charge in [0.05, 0.1) is 6.61 Å². The van der Waals surface area contributed by atoms with E-state index in [9.17, 15) is 8.42 Å². The Labute approximate surface area is 109 Å². The highest BCUT2D eigenvalue weighted by Crippen LogP contribution is 2.12. The maximum absolute atomic E-state index is 11.4. The summed E-state index contributed by atoms with van der Waals surface area (Å²) in [5, 5.41) is 0. The Morgan fingerprint density at radius 1 is 1.00 bits per heavy atom. The largest absolute Gasteiger partial charge is 0.449 e. The molecule has 0 saturated carbocycles. The van der Waals surface area contributed by atoms with E-state index in [-0.39, 0.29) is 12.4 Å². The molecule has 0 heterocycles. The molecule has 0 N–H and O–H groups in total. The molecule has 0 atom stereocenters. The molecule has 5 heteroatoms. The summed E-state index contributed by atoms with van der Waals surface area (Å²) in [4.78, 5) is 0. The van der Waals surface area contributed by atoms with Crippen LogP contribution in [0.2, 0.25) is 0 Å². The van der Waals surface area contributed by atoms with E-state index in [1.54, 1.807) is 30.3 Å². The van der Waals surface area contributed by atoms with Crippen molar-refractivity contribution in [2.75, 3.05) is 6.61 Å². The molecule has 0 amide bonds. The molecule has 102 valence electrons. The zero-order valence-corrected chi connectivity index (χ0v) is 11.5. The third-order valence-corrected chi connectivity index (χ3v) is 3.27. The van der Waals surface area contributed by atoms with E-state index in [0.29, 0.717) is 0 Å². The summed E-state index contributed by atoms with van der Waals surface area (Å²) in [7, 11) is -3.93. The lowest BCUT2D eigenvalue weighted by atomic mass is 10.2. The molecular weight excluding hydrogens is 252 g/mol. The predicted molar refractivity (Wildman–Crippen MR) is 70.7 cm³/mol. The molecule has 1 aromatic rings. The van der Waals surface area contributed by atoms with E-state index in [2.05, 4.69) is 6.92 Å². The third kappa shape index (κ3) is 6.61. The van der Waals surface area contributed by atoms with Gasteiger partial charge in [0.25, 0.3) is 0 Å². The van der Waals surface area contributed by atoms with Gasteiger partial charge < -0.3 is 4.18 Å². The van der Waals surface area contributed by atoms with Crippen molar-refractivity contribution >= 4 is 10.4 Å². The Kier molecular flexibility index (Phi) is 6.75. The zero-order chi connectivity index (χ0) is 13.3. The molecule has 1 aromatic carbocycles. The molecule has 18 heavy (non-hydrogen) atoms. The molecule has 0 aromatic heterocycles. The minimum Gasteiger partial charge on any atom is -0.362 e. The maximum Gasteiger partial charge on any atom is 0.449 e. The quantitative estimate of drug-likeness (QED) is 0.647. The van der Waals surface area contributed by atoms with Crippen LogP contribution in [0.1, 0.15) is 39.0 Å². The van der Waals surface area contributed by atoms with Gasteiger partial charge in [-0.15, -0.1) is 0 Å². The summed E-state index contributed by atoms with van der Waals surface area (Å²) in [5.41, 5.74) is 0. The second kappa shape index (κ2) is 8.11. The van der Waals surface area contributed by atoms with Crippen molar-refractivity contribution in [1.82, 2.24) is 0 Å². The van der Waals surface area contributed by atoms with Crippen molar-refractivity contribution in [1.29, 1.82) is 0 Å². The summed E-state index contributed by atoms with van der Waals surface area (Å²) in [5.74, 6) is 0.267. The Morgan fingerprint density at radius 3 is 2.33 bits per heavy atom. The van der Waals surface area contributed by atoms with Crippen LogP contribution in [0.25, 0.3) is 0 Å². The minimum absolute atomic E-state index is 0.179. The molecule has 0 bridgehead atoms. The molecule has 0 unspecified atom stereocenters. The van der Waals surface area contributed by atoms with E-state index in [0.717, 1.165) is 25.7 Å². The second-order valence-electron chi connectivity index (χ2n) is 4.04. The summed E-state index contributed by atoms with van der Waals surface area (Å²) < 4.78 is 32.4. The fraction of sp³-hybridized carbons (Fsp3) is 0.538. The Morgan fingerprint density at radius 2 is 1.67 bits per heavy atom. The van der Waals surface area contributed by atoms with Gasteiger partial charge in [0.2, 0.25) is 0 Å². The molecule has 0 spiro atoms. The van der Waals surface area contributed by atoms with Crippen molar-refractivity contribution < 1.29 is 16.8 Å². The van der Waals surface area contributed by atoms with Crippen molar-refractivity contribution in [3.63, 3.8) is 0 Å². The van der Waals surface area contributed by atoms with Crippen LogP contribution in [0.4, 0.5) is 0 Å². The SMILES string of the molecule is CCCCCCCOS(=O)(=O)Oc1ccccc1. The van der Waals surface area contributed by atoms with Crippen LogP contribution in [0.15, 0.2) is 30.3 Å². The van der Waals surface area contributed by atoms with Crippen LogP contribution in [0.3, 0.4) is 0 Å². The van der Waals surface area contributed by atoms with Gasteiger partial charge in [-0.2, -0.15) is 8.42 Å². The fourth-order valence-corrected chi connectivity index (χ4v) is 2.20. The number of hydrogen-bond donors (Lipinski definition) is 0. The van der Waals surface area contributed by atoms with E-state index in [1.165, 1.54) is 6.42 Å². The van der Waals surface area contributed by atoms with Gasteiger partial charge in [-0.05, 0) is 18.6 Å². The van der Waals surface area contributed by atoms with Crippen LogP contribution < -0.4 is 4.18 Å². The number of para-hydroxylation sites is 1. The van der Waals surface area contributed by atoms with Gasteiger partial charge >= 0.3 is 10.4 Å². The summed E-state index contributed by atoms with van der Waals surface area (Å²) in [6.07, 6.45) is 5.16. The third-order valence-electron chi connectivity index (χ3n) is 2.42. The average Bonchev–Trinajstić information content (AvgIpc) is 2.34. The van der Waals surface area contributed by atoms with Crippen molar-refractivity contribution in [3.05, 3.63) is 30.3 Å². The second-order valence-corrected chi connectivity index (χ2v) is 5.26. The number of rotatable bonds is 9. The standard InChI is InChI=1S/C13H20O4S/c1-2-3-4-5-9-12-16-18(14,15)17-13-10-7-6-8-11-13/h6-8,10-11H,2-5,9,12H2,1H3. The predicted octanol–water partition coefficient (Wildman–Crippen LogP) is 3.30. The van der Waals surface area contributed by atoms with Gasteiger partial charge in [-0.3, -0.25) is 0 Å². The van der Waals surface area contributed by atoms with Gasteiger partial charge in [-0.25, -0.2) is 4.18 Å². The first-order valence-electron chi connectivity index (χ1n) is 6.28. The lowest BCUT2D eigenvalue weighted by Gasteiger charge is -2.06. The first-order valence-corrected chi connectivity index (χ1v) is 7.61. The first kappa shape index (κ1) is 15.0. The van der Waals surface area contributed by atoms with Crippen molar-refractivity contribution in [2.45, 2.75) is 39.0 Å². The molecule has 0 fully saturated rings. The highest BCUT2D eigenvalue weighted by Gasteiger charge is 2.12. The van der Waals surface area contributed by atoms with Crippen LogP contribution in [-0.2, 0) is 14.6 Å². The summed E-state index contributed by atoms with van der Waals surface area (Å²) >= 11 is 0. The number of hydrogen-bond acceptors (Lipinski definition) is 4. The highest BCUT2D eigenvalue weighted by molar-refractivity contribution is 7.82. The van der Waals surface area contributed by atoms with Crippen molar-refractivity contribution in [3.8, 4) is 5.75 Å². The zero-order valence-electron chi connectivity index (χ0n) is 10.7. The van der Waals surface area contributed by atoms with Gasteiger partial charge in [0, 0.05) is 0 Å². The lowest BCUT2D eigenvalue weighted by molar-refractivity contribution is 0.266. The van der Waals surface area contributed by atoms with Crippen LogP contribution >= 0.6 is 0 Å². The summed E-state index contributed by atoms with van der Waals surface area (Å²) in [6.45, 7) is 2.31. The molecule has 0 radical (unpaired) electrons. The topological polar surface area (TPSA) is 52.6 Å². The normalized spacial score (nSPS) is 11.4. The van der Waals surface area contributed by atoms with E-state index < -0.39 is 10.4 Å². The maximum atomic E-state index is 11.4. The fourth-order valence-electron chi connectivity index (χ4n) is 1.48. The Hall–Kier alpha value is -1.07. The van der Waals surface area contributed by atoms with Crippen LogP contribution in [0, 0.1) is 0 Å². The molecule has 0 aliphatic heterocycles. The van der Waals surface area contributed by atoms with Gasteiger partial charge in [0.1, 0.15) is 5.75 Å². The van der Waals surface area contributed by atoms with Crippen LogP contribution in [0.5, 0.6) is 5.75 Å². The highest BCUT2D eigenvalue weighted by atomic mass is 32.3. The van der Waals surface area contributed by atoms with E-state index >= 15 is 0 Å². The smallest absolute Gasteiger partial charge is 0.362 e. The average molecular weight is 272 g/mol. The molecule has 0 aliphatic carbocycles. The molecule has 4 nitrogen and oxygen atoms in total. The Bertz CT molecular complexity index is 414. The van der Waals surface area contributed by atoms with Crippen LogP contribution in [-0.4, -0.2) is 15.0 Å².